The molecule has 27 heavy (non-hydrogen) atoms. The molecule has 0 aliphatic carbocycles. The first-order chi connectivity index (χ1) is 13.0. The lowest BCUT2D eigenvalue weighted by Gasteiger charge is -2.33. The molecule has 2 aliphatic heterocycles. The molecule has 8 nitrogen and oxygen atoms in total. The summed E-state index contributed by atoms with van der Waals surface area (Å²) in [7, 11) is -3.59. The summed E-state index contributed by atoms with van der Waals surface area (Å²) in [5.41, 5.74) is 0.674. The number of hydrogen-bond donors (Lipinski definition) is 1. The Bertz CT molecular complexity index is 961. The topological polar surface area (TPSA) is 93.6 Å². The predicted octanol–water partition coefficient (Wildman–Crippen LogP) is -0.214. The van der Waals surface area contributed by atoms with Gasteiger partial charge in [0.2, 0.25) is 5.76 Å². The maximum atomic E-state index is 12.2. The quantitative estimate of drug-likeness (QED) is 0.726. The molecule has 0 saturated carbocycles. The van der Waals surface area contributed by atoms with Crippen LogP contribution in [0.3, 0.4) is 0 Å². The van der Waals surface area contributed by atoms with Crippen molar-refractivity contribution in [1.29, 1.82) is 0 Å². The van der Waals surface area contributed by atoms with Crippen molar-refractivity contribution in [1.82, 2.24) is 4.90 Å². The highest BCUT2D eigenvalue weighted by Gasteiger charge is 2.33. The van der Waals surface area contributed by atoms with Crippen molar-refractivity contribution in [2.75, 3.05) is 39.3 Å². The Morgan fingerprint density at radius 2 is 1.96 bits per heavy atom. The number of carbonyl (C=O) groups excluding carboxylic acids is 1. The number of quaternary nitrogens is 1. The third kappa shape index (κ3) is 3.60. The van der Waals surface area contributed by atoms with Gasteiger partial charge in [0.05, 0.1) is 32.4 Å². The van der Waals surface area contributed by atoms with Crippen molar-refractivity contribution in [2.45, 2.75) is 4.90 Å². The largest absolute Gasteiger partial charge is 0.457 e. The maximum absolute atomic E-state index is 12.2. The summed E-state index contributed by atoms with van der Waals surface area (Å²) in [6.45, 7) is 4.04. The van der Waals surface area contributed by atoms with E-state index >= 15 is 0 Å². The van der Waals surface area contributed by atoms with Crippen molar-refractivity contribution in [2.24, 2.45) is 4.40 Å². The molecule has 3 heterocycles. The van der Waals surface area contributed by atoms with Crippen LogP contribution in [0.25, 0.3) is 0 Å². The van der Waals surface area contributed by atoms with Crippen LogP contribution in [0.15, 0.2) is 56.4 Å². The minimum absolute atomic E-state index is 0.203. The average Bonchev–Trinajstić information content (AvgIpc) is 3.30. The van der Waals surface area contributed by atoms with Crippen molar-refractivity contribution in [3.63, 3.8) is 0 Å². The number of hydrogen-bond acceptors (Lipinski definition) is 6. The summed E-state index contributed by atoms with van der Waals surface area (Å²) in [5.74, 6) is 0.281. The van der Waals surface area contributed by atoms with Gasteiger partial charge >= 0.3 is 5.97 Å². The van der Waals surface area contributed by atoms with Gasteiger partial charge in [-0.25, -0.2) is 4.79 Å². The average molecular weight is 390 g/mol. The van der Waals surface area contributed by atoms with Gasteiger partial charge < -0.3 is 19.0 Å². The van der Waals surface area contributed by atoms with E-state index in [1.807, 2.05) is 11.0 Å². The fourth-order valence-corrected chi connectivity index (χ4v) is 4.58. The number of benzene rings is 1. The van der Waals surface area contributed by atoms with Crippen molar-refractivity contribution in [3.8, 4) is 0 Å². The number of rotatable bonds is 4. The fraction of sp³-hybridized carbons (Fsp3) is 0.333. The number of amidine groups is 1. The SMILES string of the molecule is O=C(OCC[NH+]1CCN(C2=NS(=O)(=O)c3ccccc32)CC1)c1ccco1. The minimum Gasteiger partial charge on any atom is -0.457 e. The van der Waals surface area contributed by atoms with Gasteiger partial charge in [0, 0.05) is 5.56 Å². The van der Waals surface area contributed by atoms with Gasteiger partial charge in [0.1, 0.15) is 18.0 Å². The van der Waals surface area contributed by atoms with Gasteiger partial charge in [0.15, 0.2) is 5.84 Å². The highest BCUT2D eigenvalue weighted by Crippen LogP contribution is 2.27. The number of esters is 1. The smallest absolute Gasteiger partial charge is 0.374 e. The second-order valence-electron chi connectivity index (χ2n) is 6.49. The van der Waals surface area contributed by atoms with Gasteiger partial charge in [0.25, 0.3) is 10.0 Å². The molecular formula is C18H20N3O5S+. The molecule has 0 unspecified atom stereocenters. The summed E-state index contributed by atoms with van der Waals surface area (Å²) in [6.07, 6.45) is 1.44. The van der Waals surface area contributed by atoms with Crippen LogP contribution in [0.4, 0.5) is 0 Å². The zero-order chi connectivity index (χ0) is 18.9. The number of fused-ring (bicyclic) bond motifs is 1. The second-order valence-corrected chi connectivity index (χ2v) is 8.06. The van der Waals surface area contributed by atoms with E-state index in [4.69, 9.17) is 9.15 Å². The van der Waals surface area contributed by atoms with Gasteiger partial charge in [-0.15, -0.1) is 4.40 Å². The molecule has 2 aromatic rings. The van der Waals surface area contributed by atoms with Gasteiger partial charge in [-0.1, -0.05) is 12.1 Å². The van der Waals surface area contributed by atoms with E-state index in [-0.39, 0.29) is 10.7 Å². The van der Waals surface area contributed by atoms with Crippen molar-refractivity contribution in [3.05, 3.63) is 54.0 Å². The van der Waals surface area contributed by atoms with Crippen molar-refractivity contribution >= 4 is 21.8 Å². The van der Waals surface area contributed by atoms with E-state index in [1.165, 1.54) is 11.2 Å². The molecule has 0 spiro atoms. The Hall–Kier alpha value is -2.65. The standard InChI is InChI=1S/C18H19N3O5S/c22-18(15-5-3-12-25-15)26-13-11-20-7-9-21(10-8-20)17-14-4-1-2-6-16(14)27(23,24)19-17/h1-6,12H,7-11,13H2/p+1. The van der Waals surface area contributed by atoms with E-state index in [0.717, 1.165) is 13.1 Å². The Morgan fingerprint density at radius 1 is 1.19 bits per heavy atom. The van der Waals surface area contributed by atoms with E-state index in [9.17, 15) is 13.2 Å². The lowest BCUT2D eigenvalue weighted by atomic mass is 10.1. The lowest BCUT2D eigenvalue weighted by molar-refractivity contribution is -0.904. The summed E-state index contributed by atoms with van der Waals surface area (Å²) >= 11 is 0. The van der Waals surface area contributed by atoms with Gasteiger partial charge in [-0.05, 0) is 24.3 Å². The first-order valence-electron chi connectivity index (χ1n) is 8.78. The van der Waals surface area contributed by atoms with E-state index in [2.05, 4.69) is 4.40 Å². The Labute approximate surface area is 157 Å². The molecular weight excluding hydrogens is 370 g/mol. The highest BCUT2D eigenvalue weighted by molar-refractivity contribution is 7.90. The maximum Gasteiger partial charge on any atom is 0.374 e. The molecule has 1 aromatic carbocycles. The molecule has 0 radical (unpaired) electrons. The number of sulfonamides is 1. The predicted molar refractivity (Wildman–Crippen MR) is 96.3 cm³/mol. The molecule has 0 amide bonds. The number of nitrogens with one attached hydrogen (secondary N) is 1. The number of nitrogens with zero attached hydrogens (tertiary/aromatic N) is 2. The second kappa shape index (κ2) is 7.16. The van der Waals surface area contributed by atoms with Crippen LogP contribution in [0.1, 0.15) is 16.1 Å². The van der Waals surface area contributed by atoms with Gasteiger partial charge in [-0.2, -0.15) is 8.42 Å². The molecule has 4 rings (SSSR count). The summed E-state index contributed by atoms with van der Waals surface area (Å²) in [6, 6.07) is 10.1. The molecule has 1 aromatic heterocycles. The van der Waals surface area contributed by atoms with Crippen LogP contribution in [-0.2, 0) is 14.8 Å². The van der Waals surface area contributed by atoms with Crippen LogP contribution < -0.4 is 4.90 Å². The van der Waals surface area contributed by atoms with Crippen LogP contribution in [0.5, 0.6) is 0 Å². The number of piperazine rings is 1. The summed E-state index contributed by atoms with van der Waals surface area (Å²) in [5, 5.41) is 0. The zero-order valence-corrected chi connectivity index (χ0v) is 15.4. The summed E-state index contributed by atoms with van der Waals surface area (Å²) < 4.78 is 38.6. The Balaban J connectivity index is 1.30. The van der Waals surface area contributed by atoms with Crippen LogP contribution in [-0.4, -0.2) is 64.5 Å². The van der Waals surface area contributed by atoms with Gasteiger partial charge in [-0.3, -0.25) is 0 Å². The first kappa shape index (κ1) is 17.7. The number of furan rings is 1. The van der Waals surface area contributed by atoms with E-state index in [0.29, 0.717) is 37.6 Å². The minimum atomic E-state index is -3.59. The molecule has 1 N–H and O–H groups in total. The fourth-order valence-electron chi connectivity index (χ4n) is 3.36. The molecule has 142 valence electrons. The third-order valence-electron chi connectivity index (χ3n) is 4.79. The number of ether oxygens (including phenoxy) is 1. The van der Waals surface area contributed by atoms with Crippen molar-refractivity contribution < 1.29 is 27.3 Å². The summed E-state index contributed by atoms with van der Waals surface area (Å²) in [4.78, 5) is 15.3. The number of carbonyl (C=O) groups is 1. The van der Waals surface area contributed by atoms with Crippen LogP contribution >= 0.6 is 0 Å². The Morgan fingerprint density at radius 3 is 2.70 bits per heavy atom. The molecule has 9 heteroatoms. The lowest BCUT2D eigenvalue weighted by Crippen LogP contribution is -3.15. The van der Waals surface area contributed by atoms with E-state index in [1.54, 1.807) is 30.3 Å². The van der Waals surface area contributed by atoms with E-state index < -0.39 is 16.0 Å². The molecule has 0 atom stereocenters. The molecule has 2 aliphatic rings. The van der Waals surface area contributed by atoms with Crippen LogP contribution in [0, 0.1) is 0 Å². The van der Waals surface area contributed by atoms with Crippen LogP contribution in [0.2, 0.25) is 0 Å². The highest BCUT2D eigenvalue weighted by atomic mass is 32.2. The molecule has 1 saturated heterocycles. The normalized spacial score (nSPS) is 18.8. The molecule has 1 fully saturated rings. The zero-order valence-electron chi connectivity index (χ0n) is 14.6. The Kier molecular flexibility index (Phi) is 4.71. The molecule has 0 bridgehead atoms. The monoisotopic (exact) mass is 390 g/mol. The third-order valence-corrected chi connectivity index (χ3v) is 6.12. The first-order valence-corrected chi connectivity index (χ1v) is 10.2.